The zero-order chi connectivity index (χ0) is 10.7. The van der Waals surface area contributed by atoms with Gasteiger partial charge in [-0.05, 0) is 31.6 Å². The number of aromatic nitrogens is 2. The molecule has 4 heteroatoms. The molecule has 15 heavy (non-hydrogen) atoms. The summed E-state index contributed by atoms with van der Waals surface area (Å²) in [7, 11) is 0. The molecule has 1 saturated carbocycles. The molecule has 0 spiro atoms. The van der Waals surface area contributed by atoms with E-state index in [0.29, 0.717) is 11.1 Å². The normalized spacial score (nSPS) is 26.3. The minimum absolute atomic E-state index is 0.522. The molecule has 0 saturated heterocycles. The van der Waals surface area contributed by atoms with Gasteiger partial charge in [0, 0.05) is 6.04 Å². The Balaban J connectivity index is 1.95. The van der Waals surface area contributed by atoms with Gasteiger partial charge in [-0.3, -0.25) is 0 Å². The summed E-state index contributed by atoms with van der Waals surface area (Å²) in [4.78, 5) is 8.00. The van der Waals surface area contributed by atoms with E-state index >= 15 is 0 Å². The number of halogens is 1. The summed E-state index contributed by atoms with van der Waals surface area (Å²) in [6.07, 6.45) is 8.16. The Hall–Kier alpha value is -0.830. The van der Waals surface area contributed by atoms with Crippen molar-refractivity contribution < 1.29 is 0 Å². The number of nitrogens with one attached hydrogen (secondary N) is 1. The van der Waals surface area contributed by atoms with Crippen LogP contribution < -0.4 is 5.32 Å². The van der Waals surface area contributed by atoms with Gasteiger partial charge >= 0.3 is 0 Å². The van der Waals surface area contributed by atoms with Gasteiger partial charge in [0.15, 0.2) is 0 Å². The zero-order valence-electron chi connectivity index (χ0n) is 8.91. The second-order valence-corrected chi connectivity index (χ2v) is 4.73. The van der Waals surface area contributed by atoms with Crippen LogP contribution in [0.1, 0.15) is 32.6 Å². The molecule has 1 aliphatic carbocycles. The van der Waals surface area contributed by atoms with Gasteiger partial charge in [-0.15, -0.1) is 0 Å². The van der Waals surface area contributed by atoms with Crippen molar-refractivity contribution in [3.63, 3.8) is 0 Å². The van der Waals surface area contributed by atoms with Crippen LogP contribution in [0.5, 0.6) is 0 Å². The minimum atomic E-state index is 0.522. The summed E-state index contributed by atoms with van der Waals surface area (Å²) in [6, 6.07) is 0.522. The quantitative estimate of drug-likeness (QED) is 0.841. The minimum Gasteiger partial charge on any atom is -0.366 e. The molecule has 1 heterocycles. The van der Waals surface area contributed by atoms with Crippen molar-refractivity contribution in [3.05, 3.63) is 17.5 Å². The third kappa shape index (κ3) is 2.81. The van der Waals surface area contributed by atoms with Gasteiger partial charge < -0.3 is 5.32 Å². The van der Waals surface area contributed by atoms with Crippen LogP contribution in [0, 0.1) is 5.92 Å². The summed E-state index contributed by atoms with van der Waals surface area (Å²) in [5.41, 5.74) is 0. The van der Waals surface area contributed by atoms with Gasteiger partial charge in [-0.2, -0.15) is 0 Å². The molecule has 0 aromatic carbocycles. The van der Waals surface area contributed by atoms with Gasteiger partial charge in [-0.25, -0.2) is 9.97 Å². The largest absolute Gasteiger partial charge is 0.366 e. The van der Waals surface area contributed by atoms with E-state index in [2.05, 4.69) is 22.2 Å². The Bertz CT molecular complexity index is 321. The highest BCUT2D eigenvalue weighted by Gasteiger charge is 2.18. The van der Waals surface area contributed by atoms with Gasteiger partial charge in [0.05, 0.1) is 6.20 Å². The summed E-state index contributed by atoms with van der Waals surface area (Å²) < 4.78 is 0. The fourth-order valence-electron chi connectivity index (χ4n) is 2.02. The van der Waals surface area contributed by atoms with Crippen LogP contribution in [0.2, 0.25) is 5.02 Å². The summed E-state index contributed by atoms with van der Waals surface area (Å²) in [5, 5.41) is 3.99. The third-order valence-electron chi connectivity index (χ3n) is 3.02. The molecule has 1 aromatic heterocycles. The number of anilines is 1. The summed E-state index contributed by atoms with van der Waals surface area (Å²) in [6.45, 7) is 2.31. The van der Waals surface area contributed by atoms with Gasteiger partial charge in [0.1, 0.15) is 17.2 Å². The number of hydrogen-bond acceptors (Lipinski definition) is 3. The third-order valence-corrected chi connectivity index (χ3v) is 3.30. The Kier molecular flexibility index (Phi) is 3.41. The van der Waals surface area contributed by atoms with E-state index < -0.39 is 0 Å². The van der Waals surface area contributed by atoms with E-state index in [1.165, 1.54) is 32.0 Å². The number of hydrogen-bond donors (Lipinski definition) is 1. The molecule has 0 bridgehead atoms. The highest BCUT2D eigenvalue weighted by molar-refractivity contribution is 6.32. The highest BCUT2D eigenvalue weighted by atomic mass is 35.5. The van der Waals surface area contributed by atoms with Crippen LogP contribution in [0.3, 0.4) is 0 Å². The van der Waals surface area contributed by atoms with Gasteiger partial charge in [0.25, 0.3) is 0 Å². The van der Waals surface area contributed by atoms with Crippen LogP contribution in [-0.2, 0) is 0 Å². The molecular weight excluding hydrogens is 210 g/mol. The lowest BCUT2D eigenvalue weighted by Gasteiger charge is -2.27. The lowest BCUT2D eigenvalue weighted by Crippen LogP contribution is -2.25. The molecule has 3 nitrogen and oxygen atoms in total. The smallest absolute Gasteiger partial charge is 0.148 e. The highest BCUT2D eigenvalue weighted by Crippen LogP contribution is 2.27. The van der Waals surface area contributed by atoms with Gasteiger partial charge in [0.2, 0.25) is 0 Å². The first-order valence-electron chi connectivity index (χ1n) is 5.47. The fraction of sp³-hybridized carbons (Fsp3) is 0.636. The van der Waals surface area contributed by atoms with E-state index in [1.807, 2.05) is 0 Å². The predicted octanol–water partition coefficient (Wildman–Crippen LogP) is 3.12. The van der Waals surface area contributed by atoms with E-state index in [0.717, 1.165) is 11.7 Å². The average Bonchev–Trinajstić information content (AvgIpc) is 2.25. The Morgan fingerprint density at radius 1 is 1.33 bits per heavy atom. The molecule has 1 N–H and O–H groups in total. The average molecular weight is 226 g/mol. The first-order chi connectivity index (χ1) is 7.25. The van der Waals surface area contributed by atoms with E-state index in [4.69, 9.17) is 11.6 Å². The zero-order valence-corrected chi connectivity index (χ0v) is 9.67. The Morgan fingerprint density at radius 2 is 2.07 bits per heavy atom. The molecular formula is C11H16ClN3. The molecule has 1 aliphatic rings. The van der Waals surface area contributed by atoms with Crippen molar-refractivity contribution in [3.8, 4) is 0 Å². The lowest BCUT2D eigenvalue weighted by molar-refractivity contribution is 0.361. The van der Waals surface area contributed by atoms with Crippen molar-refractivity contribution in [2.24, 2.45) is 5.92 Å². The second-order valence-electron chi connectivity index (χ2n) is 4.32. The van der Waals surface area contributed by atoms with Crippen molar-refractivity contribution in [2.75, 3.05) is 5.32 Å². The first kappa shape index (κ1) is 10.7. The van der Waals surface area contributed by atoms with Gasteiger partial charge in [-0.1, -0.05) is 18.5 Å². The second kappa shape index (κ2) is 4.79. The van der Waals surface area contributed by atoms with Crippen molar-refractivity contribution in [1.82, 2.24) is 9.97 Å². The molecule has 0 aliphatic heterocycles. The standard InChI is InChI=1S/C11H16ClN3/c1-8-2-4-9(5-3-8)15-11-10(12)6-13-7-14-11/h6-9H,2-5H2,1H3,(H,13,14,15). The predicted molar refractivity (Wildman–Crippen MR) is 62.1 cm³/mol. The fourth-order valence-corrected chi connectivity index (χ4v) is 2.18. The SMILES string of the molecule is CC1CCC(Nc2ncncc2Cl)CC1. The maximum Gasteiger partial charge on any atom is 0.148 e. The lowest BCUT2D eigenvalue weighted by atomic mass is 9.87. The Morgan fingerprint density at radius 3 is 2.73 bits per heavy atom. The Labute approximate surface area is 95.3 Å². The molecule has 82 valence electrons. The molecule has 0 radical (unpaired) electrons. The van der Waals surface area contributed by atoms with Crippen LogP contribution >= 0.6 is 11.6 Å². The number of rotatable bonds is 2. The van der Waals surface area contributed by atoms with Crippen molar-refractivity contribution >= 4 is 17.4 Å². The topological polar surface area (TPSA) is 37.8 Å². The molecule has 0 unspecified atom stereocenters. The van der Waals surface area contributed by atoms with E-state index in [-0.39, 0.29) is 0 Å². The molecule has 0 amide bonds. The molecule has 1 fully saturated rings. The monoisotopic (exact) mass is 225 g/mol. The van der Waals surface area contributed by atoms with E-state index in [9.17, 15) is 0 Å². The van der Waals surface area contributed by atoms with Crippen LogP contribution in [0.25, 0.3) is 0 Å². The van der Waals surface area contributed by atoms with Crippen LogP contribution in [0.4, 0.5) is 5.82 Å². The maximum atomic E-state index is 5.98. The molecule has 1 aromatic rings. The first-order valence-corrected chi connectivity index (χ1v) is 5.85. The summed E-state index contributed by atoms with van der Waals surface area (Å²) in [5.74, 6) is 1.63. The number of nitrogens with zero attached hydrogens (tertiary/aromatic N) is 2. The van der Waals surface area contributed by atoms with Crippen LogP contribution in [0.15, 0.2) is 12.5 Å². The maximum absolute atomic E-state index is 5.98. The van der Waals surface area contributed by atoms with Crippen molar-refractivity contribution in [1.29, 1.82) is 0 Å². The summed E-state index contributed by atoms with van der Waals surface area (Å²) >= 11 is 5.98. The van der Waals surface area contributed by atoms with Crippen LogP contribution in [-0.4, -0.2) is 16.0 Å². The van der Waals surface area contributed by atoms with Crippen molar-refractivity contribution in [2.45, 2.75) is 38.6 Å². The van der Waals surface area contributed by atoms with E-state index in [1.54, 1.807) is 6.20 Å². The molecule has 0 atom stereocenters. The molecule has 2 rings (SSSR count).